The van der Waals surface area contributed by atoms with Crippen LogP contribution >= 0.6 is 11.6 Å². The molecule has 0 amide bonds. The molecule has 1 atom stereocenters. The Balaban J connectivity index is 2.11. The first-order chi connectivity index (χ1) is 10.1. The fourth-order valence-corrected chi connectivity index (χ4v) is 2.89. The van der Waals surface area contributed by atoms with Gasteiger partial charge in [0, 0.05) is 22.6 Å². The molecule has 0 fully saturated rings. The van der Waals surface area contributed by atoms with Crippen molar-refractivity contribution in [2.75, 3.05) is 6.54 Å². The van der Waals surface area contributed by atoms with Crippen LogP contribution in [0.25, 0.3) is 11.1 Å². The maximum Gasteiger partial charge on any atom is 0.131 e. The van der Waals surface area contributed by atoms with Crippen LogP contribution in [0.5, 0.6) is 5.75 Å². The van der Waals surface area contributed by atoms with Gasteiger partial charge in [-0.2, -0.15) is 0 Å². The second-order valence-corrected chi connectivity index (χ2v) is 5.52. The number of rotatable bonds is 3. The fraction of sp³-hybridized carbons (Fsp3) is 0.250. The molecule has 0 radical (unpaired) electrons. The number of nitrogens with two attached hydrogens (primary N) is 1. The summed E-state index contributed by atoms with van der Waals surface area (Å²) in [7, 11) is 0. The number of hydrogen-bond acceptors (Lipinski definition) is 2. The van der Waals surface area contributed by atoms with Crippen molar-refractivity contribution in [3.8, 4) is 16.9 Å². The Hall–Kier alpha value is -1.65. The lowest BCUT2D eigenvalue weighted by atomic mass is 9.99. The molecule has 3 rings (SSSR count). The van der Waals surface area contributed by atoms with Gasteiger partial charge in [0.25, 0.3) is 0 Å². The van der Waals surface area contributed by atoms with Gasteiger partial charge in [0.1, 0.15) is 23.5 Å². The molecule has 0 aromatic heterocycles. The Bertz CT molecular complexity index is 690. The van der Waals surface area contributed by atoms with Crippen LogP contribution in [0.4, 0.5) is 8.78 Å². The van der Waals surface area contributed by atoms with Gasteiger partial charge in [0.15, 0.2) is 0 Å². The molecule has 1 unspecified atom stereocenters. The van der Waals surface area contributed by atoms with Crippen molar-refractivity contribution in [3.05, 3.63) is 52.6 Å². The van der Waals surface area contributed by atoms with Crippen molar-refractivity contribution in [2.45, 2.75) is 18.9 Å². The van der Waals surface area contributed by atoms with Gasteiger partial charge in [-0.3, -0.25) is 0 Å². The maximum atomic E-state index is 14.0. The van der Waals surface area contributed by atoms with E-state index >= 15 is 0 Å². The highest BCUT2D eigenvalue weighted by Gasteiger charge is 2.27. The van der Waals surface area contributed by atoms with Crippen molar-refractivity contribution in [2.24, 2.45) is 5.73 Å². The second-order valence-electron chi connectivity index (χ2n) is 5.09. The van der Waals surface area contributed by atoms with Crippen molar-refractivity contribution >= 4 is 11.6 Å². The lowest BCUT2D eigenvalue weighted by molar-refractivity contribution is 0.225. The van der Waals surface area contributed by atoms with E-state index in [1.165, 1.54) is 0 Å². The molecule has 5 heteroatoms. The summed E-state index contributed by atoms with van der Waals surface area (Å²) in [5.41, 5.74) is 7.09. The topological polar surface area (TPSA) is 35.2 Å². The third-order valence-electron chi connectivity index (χ3n) is 3.57. The molecule has 1 heterocycles. The first-order valence-corrected chi connectivity index (χ1v) is 7.11. The third kappa shape index (κ3) is 2.74. The van der Waals surface area contributed by atoms with Crippen molar-refractivity contribution < 1.29 is 13.5 Å². The molecule has 1 aliphatic heterocycles. The molecule has 2 aromatic rings. The normalized spacial score (nSPS) is 16.7. The summed E-state index contributed by atoms with van der Waals surface area (Å²) < 4.78 is 33.3. The zero-order chi connectivity index (χ0) is 15.0. The summed E-state index contributed by atoms with van der Waals surface area (Å²) in [6.45, 7) is 0.510. The van der Waals surface area contributed by atoms with Crippen LogP contribution in [0.1, 0.15) is 12.0 Å². The van der Waals surface area contributed by atoms with E-state index in [4.69, 9.17) is 22.1 Å². The van der Waals surface area contributed by atoms with Gasteiger partial charge in [-0.25, -0.2) is 8.78 Å². The highest BCUT2D eigenvalue weighted by Crippen LogP contribution is 2.42. The van der Waals surface area contributed by atoms with E-state index in [1.54, 1.807) is 12.1 Å². The molecular weight excluding hydrogens is 296 g/mol. The van der Waals surface area contributed by atoms with Gasteiger partial charge in [0.2, 0.25) is 0 Å². The number of hydrogen-bond donors (Lipinski definition) is 1. The number of ether oxygens (including phenoxy) is 1. The summed E-state index contributed by atoms with van der Waals surface area (Å²) in [5, 5.41) is 0.476. The molecule has 110 valence electrons. The van der Waals surface area contributed by atoms with Crippen LogP contribution in [-0.2, 0) is 6.42 Å². The van der Waals surface area contributed by atoms with Crippen molar-refractivity contribution in [1.82, 2.24) is 0 Å². The zero-order valence-electron chi connectivity index (χ0n) is 11.2. The van der Waals surface area contributed by atoms with Crippen LogP contribution in [-0.4, -0.2) is 12.6 Å². The van der Waals surface area contributed by atoms with Gasteiger partial charge in [-0.1, -0.05) is 11.6 Å². The van der Waals surface area contributed by atoms with Crippen molar-refractivity contribution in [3.63, 3.8) is 0 Å². The van der Waals surface area contributed by atoms with Gasteiger partial charge >= 0.3 is 0 Å². The molecule has 0 saturated heterocycles. The van der Waals surface area contributed by atoms with Crippen molar-refractivity contribution in [1.29, 1.82) is 0 Å². The zero-order valence-corrected chi connectivity index (χ0v) is 12.0. The lowest BCUT2D eigenvalue weighted by Gasteiger charge is -2.12. The van der Waals surface area contributed by atoms with Gasteiger partial charge in [-0.15, -0.1) is 0 Å². The Kier molecular flexibility index (Phi) is 3.83. The highest BCUT2D eigenvalue weighted by molar-refractivity contribution is 6.31. The summed E-state index contributed by atoms with van der Waals surface area (Å²) >= 11 is 6.10. The molecule has 2 aromatic carbocycles. The summed E-state index contributed by atoms with van der Waals surface area (Å²) in [6.07, 6.45) is 1.34. The molecule has 1 aliphatic rings. The Labute approximate surface area is 126 Å². The van der Waals surface area contributed by atoms with Crippen LogP contribution < -0.4 is 10.5 Å². The Morgan fingerprint density at radius 3 is 2.76 bits per heavy atom. The van der Waals surface area contributed by atoms with E-state index in [0.29, 0.717) is 35.7 Å². The molecule has 0 spiro atoms. The predicted molar refractivity (Wildman–Crippen MR) is 78.6 cm³/mol. The first-order valence-electron chi connectivity index (χ1n) is 6.73. The molecule has 0 bridgehead atoms. The molecule has 2 nitrogen and oxygen atoms in total. The minimum absolute atomic E-state index is 0.0427. The van der Waals surface area contributed by atoms with Crippen LogP contribution in [0.3, 0.4) is 0 Å². The smallest absolute Gasteiger partial charge is 0.131 e. The molecule has 0 saturated carbocycles. The first kappa shape index (κ1) is 14.3. The average molecular weight is 310 g/mol. The Morgan fingerprint density at radius 2 is 2.00 bits per heavy atom. The van der Waals surface area contributed by atoms with E-state index < -0.39 is 11.6 Å². The SMILES string of the molecule is NCCC1Cc2cc(Cl)cc(-c3cc(F)ccc3F)c2O1. The largest absolute Gasteiger partial charge is 0.489 e. The van der Waals surface area contributed by atoms with E-state index in [0.717, 1.165) is 23.8 Å². The van der Waals surface area contributed by atoms with E-state index in [2.05, 4.69) is 0 Å². The lowest BCUT2D eigenvalue weighted by Crippen LogP contribution is -2.17. The number of halogens is 3. The van der Waals surface area contributed by atoms with Gasteiger partial charge < -0.3 is 10.5 Å². The minimum Gasteiger partial charge on any atom is -0.489 e. The monoisotopic (exact) mass is 309 g/mol. The summed E-state index contributed by atoms with van der Waals surface area (Å²) in [4.78, 5) is 0. The highest BCUT2D eigenvalue weighted by atomic mass is 35.5. The maximum absolute atomic E-state index is 14.0. The average Bonchev–Trinajstić information content (AvgIpc) is 2.83. The third-order valence-corrected chi connectivity index (χ3v) is 3.79. The van der Waals surface area contributed by atoms with E-state index in [9.17, 15) is 8.78 Å². The van der Waals surface area contributed by atoms with Crippen LogP contribution in [0.15, 0.2) is 30.3 Å². The van der Waals surface area contributed by atoms with E-state index in [-0.39, 0.29) is 11.7 Å². The van der Waals surface area contributed by atoms with Gasteiger partial charge in [0.05, 0.1) is 0 Å². The summed E-state index contributed by atoms with van der Waals surface area (Å²) in [6, 6.07) is 6.74. The van der Waals surface area contributed by atoms with Gasteiger partial charge in [-0.05, 0) is 48.9 Å². The number of fused-ring (bicyclic) bond motifs is 1. The van der Waals surface area contributed by atoms with E-state index in [1.807, 2.05) is 0 Å². The number of benzene rings is 2. The minimum atomic E-state index is -0.508. The van der Waals surface area contributed by atoms with Crippen LogP contribution in [0.2, 0.25) is 5.02 Å². The predicted octanol–water partition coefficient (Wildman–Crippen LogP) is 3.94. The molecule has 21 heavy (non-hydrogen) atoms. The van der Waals surface area contributed by atoms with Crippen LogP contribution in [0, 0.1) is 11.6 Å². The molecule has 2 N–H and O–H groups in total. The molecule has 0 aliphatic carbocycles. The second kappa shape index (κ2) is 5.62. The summed E-state index contributed by atoms with van der Waals surface area (Å²) in [5.74, 6) is -0.439. The molecular formula is C16H14ClF2NO. The standard InChI is InChI=1S/C16H14ClF2NO/c17-10-5-9-6-12(3-4-20)21-16(9)14(7-10)13-8-11(18)1-2-15(13)19/h1-2,5,7-8,12H,3-4,6,20H2. The fourth-order valence-electron chi connectivity index (χ4n) is 2.65. The Morgan fingerprint density at radius 1 is 1.19 bits per heavy atom. The quantitative estimate of drug-likeness (QED) is 0.932.